The summed E-state index contributed by atoms with van der Waals surface area (Å²) >= 11 is 0. The first-order chi connectivity index (χ1) is 11.1. The second kappa shape index (κ2) is 5.23. The summed E-state index contributed by atoms with van der Waals surface area (Å²) in [7, 11) is 1.56. The molecule has 1 aromatic carbocycles. The number of carbonyl (C=O) groups is 1. The van der Waals surface area contributed by atoms with Crippen LogP contribution in [0.15, 0.2) is 24.3 Å². The second-order valence-electron chi connectivity index (χ2n) is 6.61. The number of anilines is 1. The first-order valence-corrected chi connectivity index (χ1v) is 8.09. The van der Waals surface area contributed by atoms with E-state index in [4.69, 9.17) is 14.9 Å². The number of amidine groups is 1. The van der Waals surface area contributed by atoms with Crippen LogP contribution in [0.1, 0.15) is 19.3 Å². The maximum absolute atomic E-state index is 12.7. The summed E-state index contributed by atoms with van der Waals surface area (Å²) < 4.78 is 11.3. The number of methoxy groups -OCH3 is 1. The maximum atomic E-state index is 12.7. The van der Waals surface area contributed by atoms with Gasteiger partial charge in [-0.2, -0.15) is 0 Å². The predicted molar refractivity (Wildman–Crippen MR) is 86.2 cm³/mol. The van der Waals surface area contributed by atoms with E-state index >= 15 is 0 Å². The molecule has 1 aromatic rings. The number of amides is 1. The van der Waals surface area contributed by atoms with Crippen LogP contribution >= 0.6 is 0 Å². The number of piperidine rings is 3. The van der Waals surface area contributed by atoms with Crippen molar-refractivity contribution in [3.8, 4) is 5.75 Å². The number of ether oxygens (including phenoxy) is 2. The van der Waals surface area contributed by atoms with Gasteiger partial charge in [0.1, 0.15) is 17.2 Å². The number of rotatable bonds is 2. The Hall–Kier alpha value is -2.08. The molecule has 0 radical (unpaired) electrons. The molecular weight excluding hydrogens is 294 g/mol. The minimum atomic E-state index is -0.511. The molecule has 1 spiro atoms. The van der Waals surface area contributed by atoms with Crippen molar-refractivity contribution in [2.45, 2.75) is 24.9 Å². The van der Waals surface area contributed by atoms with Crippen LogP contribution in [0.5, 0.6) is 5.75 Å². The zero-order chi connectivity index (χ0) is 16.0. The van der Waals surface area contributed by atoms with Gasteiger partial charge in [-0.25, -0.2) is 9.69 Å². The summed E-state index contributed by atoms with van der Waals surface area (Å²) in [6, 6.07) is 7.24. The molecule has 0 aliphatic carbocycles. The molecule has 122 valence electrons. The van der Waals surface area contributed by atoms with E-state index in [1.807, 2.05) is 12.1 Å². The Kier molecular flexibility index (Phi) is 3.30. The van der Waals surface area contributed by atoms with Crippen molar-refractivity contribution in [2.75, 3.05) is 31.6 Å². The first-order valence-electron chi connectivity index (χ1n) is 8.09. The number of fused-ring (bicyclic) bond motifs is 2. The van der Waals surface area contributed by atoms with Crippen LogP contribution in [0.25, 0.3) is 0 Å². The zero-order valence-electron chi connectivity index (χ0n) is 13.2. The highest BCUT2D eigenvalue weighted by Crippen LogP contribution is 2.44. The third kappa shape index (κ3) is 2.20. The SMILES string of the molecule is COc1ccccc1N1C(=N)CC2(CN3CCC2CC3)OC1=O. The number of nitrogens with zero attached hydrogens (tertiary/aromatic N) is 2. The fourth-order valence-corrected chi connectivity index (χ4v) is 4.23. The molecule has 1 atom stereocenters. The van der Waals surface area contributed by atoms with Crippen molar-refractivity contribution in [2.24, 2.45) is 5.92 Å². The van der Waals surface area contributed by atoms with Gasteiger partial charge in [-0.15, -0.1) is 0 Å². The Morgan fingerprint density at radius 3 is 2.65 bits per heavy atom. The van der Waals surface area contributed by atoms with Gasteiger partial charge in [-0.3, -0.25) is 10.3 Å². The minimum Gasteiger partial charge on any atom is -0.495 e. The highest BCUT2D eigenvalue weighted by Gasteiger charge is 2.54. The summed E-state index contributed by atoms with van der Waals surface area (Å²) in [6.45, 7) is 2.91. The number of para-hydroxylation sites is 2. The summed E-state index contributed by atoms with van der Waals surface area (Å²) in [4.78, 5) is 16.4. The van der Waals surface area contributed by atoms with Crippen molar-refractivity contribution >= 4 is 17.6 Å². The number of hydrogen-bond acceptors (Lipinski definition) is 5. The van der Waals surface area contributed by atoms with Crippen molar-refractivity contribution in [1.29, 1.82) is 5.41 Å². The molecule has 4 saturated heterocycles. The molecular formula is C17H21N3O3. The highest BCUT2D eigenvalue weighted by atomic mass is 16.6. The Morgan fingerprint density at radius 1 is 1.30 bits per heavy atom. The average Bonchev–Trinajstić information content (AvgIpc) is 2.55. The van der Waals surface area contributed by atoms with Crippen LogP contribution in [0.2, 0.25) is 0 Å². The molecule has 4 aliphatic heterocycles. The number of hydrogen-bond donors (Lipinski definition) is 1. The maximum Gasteiger partial charge on any atom is 0.420 e. The zero-order valence-corrected chi connectivity index (χ0v) is 13.2. The van der Waals surface area contributed by atoms with Crippen LogP contribution in [-0.2, 0) is 4.74 Å². The van der Waals surface area contributed by atoms with Crippen LogP contribution in [-0.4, -0.2) is 49.2 Å². The van der Waals surface area contributed by atoms with Crippen LogP contribution in [0.3, 0.4) is 0 Å². The first kappa shape index (κ1) is 14.5. The highest BCUT2D eigenvalue weighted by molar-refractivity contribution is 6.16. The molecule has 6 heteroatoms. The van der Waals surface area contributed by atoms with Gasteiger partial charge >= 0.3 is 6.09 Å². The largest absolute Gasteiger partial charge is 0.495 e. The van der Waals surface area contributed by atoms with Gasteiger partial charge in [-0.05, 0) is 38.1 Å². The lowest BCUT2D eigenvalue weighted by atomic mass is 9.72. The molecule has 0 saturated carbocycles. The monoisotopic (exact) mass is 315 g/mol. The Bertz CT molecular complexity index is 634. The quantitative estimate of drug-likeness (QED) is 0.910. The standard InChI is InChI=1S/C17H21N3O3/c1-22-14-5-3-2-4-13(14)20-15(18)10-17(23-16(20)21)11-19-8-6-12(17)7-9-19/h2-5,12,18H,6-11H2,1H3. The molecule has 0 aromatic heterocycles. The van der Waals surface area contributed by atoms with Crippen LogP contribution in [0.4, 0.5) is 10.5 Å². The van der Waals surface area contributed by atoms with Gasteiger partial charge in [0.05, 0.1) is 12.8 Å². The third-order valence-corrected chi connectivity index (χ3v) is 5.36. The van der Waals surface area contributed by atoms with E-state index in [1.54, 1.807) is 19.2 Å². The van der Waals surface area contributed by atoms with Gasteiger partial charge in [0.15, 0.2) is 0 Å². The van der Waals surface area contributed by atoms with E-state index in [2.05, 4.69) is 4.90 Å². The summed E-state index contributed by atoms with van der Waals surface area (Å²) in [5.74, 6) is 1.23. The fraction of sp³-hybridized carbons (Fsp3) is 0.529. The average molecular weight is 315 g/mol. The van der Waals surface area contributed by atoms with Gasteiger partial charge in [0.2, 0.25) is 0 Å². The molecule has 4 heterocycles. The lowest BCUT2D eigenvalue weighted by molar-refractivity contribution is -0.113. The molecule has 1 amide bonds. The number of benzene rings is 1. The van der Waals surface area contributed by atoms with E-state index in [9.17, 15) is 4.79 Å². The van der Waals surface area contributed by atoms with E-state index < -0.39 is 11.7 Å². The van der Waals surface area contributed by atoms with Crippen molar-refractivity contribution in [1.82, 2.24) is 4.90 Å². The molecule has 4 fully saturated rings. The Morgan fingerprint density at radius 2 is 2.04 bits per heavy atom. The van der Waals surface area contributed by atoms with Crippen molar-refractivity contribution < 1.29 is 14.3 Å². The lowest BCUT2D eigenvalue weighted by Crippen LogP contribution is -2.66. The minimum absolute atomic E-state index is 0.291. The lowest BCUT2D eigenvalue weighted by Gasteiger charge is -2.54. The van der Waals surface area contributed by atoms with Crippen LogP contribution < -0.4 is 9.64 Å². The number of carbonyl (C=O) groups excluding carboxylic acids is 1. The summed E-state index contributed by atoms with van der Waals surface area (Å²) in [6.07, 6.45) is 2.11. The van der Waals surface area contributed by atoms with Gasteiger partial charge < -0.3 is 9.47 Å². The van der Waals surface area contributed by atoms with Gasteiger partial charge in [0.25, 0.3) is 0 Å². The van der Waals surface area contributed by atoms with E-state index in [0.29, 0.717) is 29.6 Å². The van der Waals surface area contributed by atoms with E-state index in [1.165, 1.54) is 4.90 Å². The topological polar surface area (TPSA) is 65.9 Å². The predicted octanol–water partition coefficient (Wildman–Crippen LogP) is 2.48. The third-order valence-electron chi connectivity index (χ3n) is 5.36. The summed E-state index contributed by atoms with van der Waals surface area (Å²) in [5, 5.41) is 8.48. The molecule has 23 heavy (non-hydrogen) atoms. The Balaban J connectivity index is 1.65. The molecule has 4 aliphatic rings. The Labute approximate surface area is 135 Å². The summed E-state index contributed by atoms with van der Waals surface area (Å²) in [5.41, 5.74) is 0.0598. The smallest absolute Gasteiger partial charge is 0.420 e. The van der Waals surface area contributed by atoms with Crippen molar-refractivity contribution in [3.63, 3.8) is 0 Å². The number of nitrogens with one attached hydrogen (secondary N) is 1. The fourth-order valence-electron chi connectivity index (χ4n) is 4.23. The van der Waals surface area contributed by atoms with Crippen LogP contribution in [0, 0.1) is 11.3 Å². The molecule has 1 unspecified atom stereocenters. The van der Waals surface area contributed by atoms with Gasteiger partial charge in [-0.1, -0.05) is 12.1 Å². The van der Waals surface area contributed by atoms with E-state index in [-0.39, 0.29) is 0 Å². The molecule has 1 N–H and O–H groups in total. The van der Waals surface area contributed by atoms with E-state index in [0.717, 1.165) is 32.5 Å². The molecule has 2 bridgehead atoms. The normalized spacial score (nSPS) is 33.0. The molecule has 5 rings (SSSR count). The van der Waals surface area contributed by atoms with Crippen molar-refractivity contribution in [3.05, 3.63) is 24.3 Å². The molecule has 6 nitrogen and oxygen atoms in total. The van der Waals surface area contributed by atoms with Gasteiger partial charge in [0, 0.05) is 18.9 Å². The second-order valence-corrected chi connectivity index (χ2v) is 6.61.